The van der Waals surface area contributed by atoms with E-state index >= 15 is 0 Å². The molecule has 25 heavy (non-hydrogen) atoms. The molecule has 0 amide bonds. The number of hydrogen-bond donors (Lipinski definition) is 1. The van der Waals surface area contributed by atoms with E-state index in [1.54, 1.807) is 0 Å². The number of imidazole rings is 1. The van der Waals surface area contributed by atoms with Gasteiger partial charge in [0.1, 0.15) is 5.82 Å². The minimum absolute atomic E-state index is 0.265. The number of nitrogens with one attached hydrogen (secondary N) is 1. The fraction of sp³-hybridized carbons (Fsp3) is 0.636. The zero-order valence-corrected chi connectivity index (χ0v) is 15.3. The number of carbonyl (C=O) groups is 1. The van der Waals surface area contributed by atoms with Crippen molar-refractivity contribution in [3.8, 4) is 0 Å². The second kappa shape index (κ2) is 5.18. The Kier molecular flexibility index (Phi) is 3.24. The SMILES string of the molecule is C[C@]12CCC(=O)C=C1CC[C@@H]1[C@@H]2CC[C@]2(C)C(c3ncc[nH]3)=CC[C@@H]12. The van der Waals surface area contributed by atoms with E-state index in [0.29, 0.717) is 5.78 Å². The molecule has 2 saturated carbocycles. The average Bonchev–Trinajstić information content (AvgIpc) is 3.22. The molecule has 132 valence electrons. The summed E-state index contributed by atoms with van der Waals surface area (Å²) in [4.78, 5) is 19.8. The maximum atomic E-state index is 11.9. The van der Waals surface area contributed by atoms with Crippen molar-refractivity contribution in [3.63, 3.8) is 0 Å². The third kappa shape index (κ3) is 2.04. The van der Waals surface area contributed by atoms with Crippen molar-refractivity contribution in [1.29, 1.82) is 0 Å². The Morgan fingerprint density at radius 3 is 2.80 bits per heavy atom. The molecule has 5 rings (SSSR count). The first-order valence-corrected chi connectivity index (χ1v) is 9.97. The summed E-state index contributed by atoms with van der Waals surface area (Å²) in [5.41, 5.74) is 3.45. The lowest BCUT2D eigenvalue weighted by molar-refractivity contribution is -0.117. The Hall–Kier alpha value is -1.64. The number of H-pyrrole nitrogens is 1. The first-order valence-electron chi connectivity index (χ1n) is 9.97. The molecule has 0 saturated heterocycles. The molecule has 0 bridgehead atoms. The van der Waals surface area contributed by atoms with E-state index < -0.39 is 0 Å². The van der Waals surface area contributed by atoms with Gasteiger partial charge >= 0.3 is 0 Å². The van der Waals surface area contributed by atoms with E-state index in [4.69, 9.17) is 0 Å². The van der Waals surface area contributed by atoms with Crippen LogP contribution >= 0.6 is 0 Å². The van der Waals surface area contributed by atoms with Crippen LogP contribution in [0.5, 0.6) is 0 Å². The molecule has 2 fully saturated rings. The van der Waals surface area contributed by atoms with Gasteiger partial charge < -0.3 is 4.98 Å². The van der Waals surface area contributed by atoms with Crippen LogP contribution in [-0.4, -0.2) is 15.8 Å². The van der Waals surface area contributed by atoms with Crippen LogP contribution in [0.25, 0.3) is 5.57 Å². The monoisotopic (exact) mass is 336 g/mol. The maximum absolute atomic E-state index is 11.9. The predicted molar refractivity (Wildman–Crippen MR) is 98.7 cm³/mol. The van der Waals surface area contributed by atoms with E-state index in [9.17, 15) is 4.79 Å². The summed E-state index contributed by atoms with van der Waals surface area (Å²) in [6, 6.07) is 0. The Morgan fingerprint density at radius 2 is 2.00 bits per heavy atom. The lowest BCUT2D eigenvalue weighted by atomic mass is 9.47. The Balaban J connectivity index is 1.49. The number of nitrogens with zero attached hydrogens (tertiary/aromatic N) is 1. The highest BCUT2D eigenvalue weighted by Crippen LogP contribution is 2.66. The number of carbonyl (C=O) groups excluding carboxylic acids is 1. The van der Waals surface area contributed by atoms with Gasteiger partial charge in [-0.3, -0.25) is 4.79 Å². The fourth-order valence-electron chi connectivity index (χ4n) is 6.91. The molecule has 0 radical (unpaired) electrons. The number of hydrogen-bond acceptors (Lipinski definition) is 2. The van der Waals surface area contributed by atoms with E-state index in [1.807, 2.05) is 18.5 Å². The normalized spacial score (nSPS) is 43.0. The highest BCUT2D eigenvalue weighted by molar-refractivity contribution is 5.91. The van der Waals surface area contributed by atoms with Crippen LogP contribution in [0.3, 0.4) is 0 Å². The van der Waals surface area contributed by atoms with Gasteiger partial charge in [0, 0.05) is 18.8 Å². The van der Waals surface area contributed by atoms with Crippen LogP contribution in [0.15, 0.2) is 30.1 Å². The van der Waals surface area contributed by atoms with Crippen molar-refractivity contribution >= 4 is 11.4 Å². The molecular formula is C22H28N2O. The van der Waals surface area contributed by atoms with Crippen molar-refractivity contribution in [2.75, 3.05) is 0 Å². The summed E-state index contributed by atoms with van der Waals surface area (Å²) in [6.07, 6.45) is 16.2. The lowest BCUT2D eigenvalue weighted by Crippen LogP contribution is -2.49. The highest BCUT2D eigenvalue weighted by atomic mass is 16.1. The quantitative estimate of drug-likeness (QED) is 0.790. The van der Waals surface area contributed by atoms with Crippen molar-refractivity contribution in [1.82, 2.24) is 9.97 Å². The van der Waals surface area contributed by atoms with Gasteiger partial charge in [-0.2, -0.15) is 0 Å². The van der Waals surface area contributed by atoms with Gasteiger partial charge in [-0.25, -0.2) is 4.98 Å². The van der Waals surface area contributed by atoms with Crippen molar-refractivity contribution in [2.45, 2.75) is 58.8 Å². The van der Waals surface area contributed by atoms with Crippen molar-refractivity contribution in [3.05, 3.63) is 35.9 Å². The average molecular weight is 336 g/mol. The third-order valence-corrected chi connectivity index (χ3v) is 8.30. The summed E-state index contributed by atoms with van der Waals surface area (Å²) in [5, 5.41) is 0. The molecular weight excluding hydrogens is 308 g/mol. The predicted octanol–water partition coefficient (Wildman–Crippen LogP) is 4.93. The van der Waals surface area contributed by atoms with Crippen LogP contribution in [0.1, 0.15) is 64.6 Å². The molecule has 5 atom stereocenters. The summed E-state index contributed by atoms with van der Waals surface area (Å²) >= 11 is 0. The Labute approximate surface area is 150 Å². The molecule has 0 aromatic carbocycles. The Morgan fingerprint density at radius 1 is 1.12 bits per heavy atom. The van der Waals surface area contributed by atoms with E-state index in [1.165, 1.54) is 36.8 Å². The molecule has 4 aliphatic rings. The molecule has 1 heterocycles. The van der Waals surface area contributed by atoms with Gasteiger partial charge in [0.25, 0.3) is 0 Å². The number of aromatic amines is 1. The second-order valence-corrected chi connectivity index (χ2v) is 9.22. The van der Waals surface area contributed by atoms with Crippen molar-refractivity contribution in [2.24, 2.45) is 28.6 Å². The molecule has 3 heteroatoms. The zero-order valence-electron chi connectivity index (χ0n) is 15.3. The van der Waals surface area contributed by atoms with Crippen molar-refractivity contribution < 1.29 is 4.79 Å². The van der Waals surface area contributed by atoms with E-state index in [0.717, 1.165) is 42.8 Å². The van der Waals surface area contributed by atoms with Crippen LogP contribution in [0.2, 0.25) is 0 Å². The summed E-state index contributed by atoms with van der Waals surface area (Å²) in [5.74, 6) is 3.71. The van der Waals surface area contributed by atoms with E-state index in [-0.39, 0.29) is 10.8 Å². The molecule has 1 N–H and O–H groups in total. The highest BCUT2D eigenvalue weighted by Gasteiger charge is 2.57. The number of fused-ring (bicyclic) bond motifs is 5. The first kappa shape index (κ1) is 15.6. The molecule has 0 spiro atoms. The lowest BCUT2D eigenvalue weighted by Gasteiger charge is -2.57. The molecule has 3 nitrogen and oxygen atoms in total. The minimum Gasteiger partial charge on any atom is -0.345 e. The number of rotatable bonds is 1. The standard InChI is InChI=1S/C22H28N2O/c1-21-9-7-15(25)13-14(21)3-4-16-17-5-6-19(20-23-11-12-24-20)22(17,2)10-8-18(16)21/h6,11-13,16-18H,3-5,7-10H2,1-2H3,(H,23,24)/t16-,17-,18-,21-,22-/m0/s1. The molecule has 0 aliphatic heterocycles. The topological polar surface area (TPSA) is 45.8 Å². The molecule has 1 aromatic heterocycles. The van der Waals surface area contributed by atoms with E-state index in [2.05, 4.69) is 29.9 Å². The van der Waals surface area contributed by atoms with Gasteiger partial charge in [-0.15, -0.1) is 0 Å². The Bertz CT molecular complexity index is 774. The maximum Gasteiger partial charge on any atom is 0.155 e. The van der Waals surface area contributed by atoms with Crippen LogP contribution in [0.4, 0.5) is 0 Å². The summed E-state index contributed by atoms with van der Waals surface area (Å²) in [7, 11) is 0. The third-order valence-electron chi connectivity index (χ3n) is 8.30. The summed E-state index contributed by atoms with van der Waals surface area (Å²) < 4.78 is 0. The van der Waals surface area contributed by atoms with Gasteiger partial charge in [0.15, 0.2) is 5.78 Å². The minimum atomic E-state index is 0.265. The fourth-order valence-corrected chi connectivity index (χ4v) is 6.91. The van der Waals surface area contributed by atoms with Gasteiger partial charge in [0.05, 0.1) is 0 Å². The summed E-state index contributed by atoms with van der Waals surface area (Å²) in [6.45, 7) is 4.94. The van der Waals surface area contributed by atoms with Crippen LogP contribution in [0, 0.1) is 28.6 Å². The molecule has 1 aromatic rings. The largest absolute Gasteiger partial charge is 0.345 e. The van der Waals surface area contributed by atoms with Gasteiger partial charge in [-0.05, 0) is 78.8 Å². The molecule has 4 aliphatic carbocycles. The van der Waals surface area contributed by atoms with Gasteiger partial charge in [-0.1, -0.05) is 25.5 Å². The zero-order chi connectivity index (χ0) is 17.2. The number of ketones is 1. The van der Waals surface area contributed by atoms with Gasteiger partial charge in [0.2, 0.25) is 0 Å². The van der Waals surface area contributed by atoms with Crippen LogP contribution < -0.4 is 0 Å². The first-order chi connectivity index (χ1) is 12.0. The second-order valence-electron chi connectivity index (χ2n) is 9.22. The number of allylic oxidation sites excluding steroid dienone is 4. The smallest absolute Gasteiger partial charge is 0.155 e. The van der Waals surface area contributed by atoms with Crippen LogP contribution in [-0.2, 0) is 4.79 Å². The molecule has 0 unspecified atom stereocenters. The number of aromatic nitrogens is 2.